The van der Waals surface area contributed by atoms with Crippen LogP contribution in [0.1, 0.15) is 31.2 Å². The molecule has 0 fully saturated rings. The molecule has 0 spiro atoms. The van der Waals surface area contributed by atoms with Crippen LogP contribution in [0.5, 0.6) is 0 Å². The van der Waals surface area contributed by atoms with Gasteiger partial charge in [-0.25, -0.2) is 0 Å². The van der Waals surface area contributed by atoms with Gasteiger partial charge in [-0.05, 0) is 37.7 Å². The molecule has 1 heteroatoms. The van der Waals surface area contributed by atoms with Gasteiger partial charge in [0.15, 0.2) is 0 Å². The normalized spacial score (nSPS) is 20.3. The van der Waals surface area contributed by atoms with E-state index in [1.807, 2.05) is 0 Å². The molecule has 2 rings (SSSR count). The highest BCUT2D eigenvalue weighted by molar-refractivity contribution is 6.22. The van der Waals surface area contributed by atoms with E-state index < -0.39 is 0 Å². The molecule has 0 nitrogen and oxygen atoms in total. The van der Waals surface area contributed by atoms with Crippen molar-refractivity contribution in [1.29, 1.82) is 0 Å². The molecule has 1 aromatic rings. The summed E-state index contributed by atoms with van der Waals surface area (Å²) in [6.45, 7) is 0. The van der Waals surface area contributed by atoms with Crippen LogP contribution in [0.25, 0.3) is 0 Å². The zero-order valence-corrected chi connectivity index (χ0v) is 9.71. The van der Waals surface area contributed by atoms with Crippen LogP contribution in [0.15, 0.2) is 42.0 Å². The molecule has 1 aliphatic rings. The van der Waals surface area contributed by atoms with E-state index in [1.165, 1.54) is 31.2 Å². The van der Waals surface area contributed by atoms with Crippen LogP contribution in [-0.4, -0.2) is 5.38 Å². The lowest BCUT2D eigenvalue weighted by atomic mass is 10.0. The van der Waals surface area contributed by atoms with E-state index in [0.29, 0.717) is 5.38 Å². The van der Waals surface area contributed by atoms with Crippen molar-refractivity contribution in [2.24, 2.45) is 0 Å². The summed E-state index contributed by atoms with van der Waals surface area (Å²) in [5, 5.41) is 0.303. The topological polar surface area (TPSA) is 0 Å². The lowest BCUT2D eigenvalue weighted by molar-refractivity contribution is 0.778. The smallest absolute Gasteiger partial charge is 0.0521 e. The van der Waals surface area contributed by atoms with Crippen molar-refractivity contribution in [2.45, 2.75) is 37.5 Å². The highest BCUT2D eigenvalue weighted by atomic mass is 35.5. The molecule has 0 aliphatic heterocycles. The summed E-state index contributed by atoms with van der Waals surface area (Å²) < 4.78 is 0. The minimum atomic E-state index is 0.303. The monoisotopic (exact) mass is 220 g/mol. The second-order valence-corrected chi connectivity index (χ2v) is 4.78. The predicted octanol–water partition coefficient (Wildman–Crippen LogP) is 4.34. The molecule has 0 heterocycles. The molecule has 0 radical (unpaired) electrons. The largest absolute Gasteiger partial charge is 0.118 e. The van der Waals surface area contributed by atoms with Crippen molar-refractivity contribution < 1.29 is 0 Å². The van der Waals surface area contributed by atoms with Gasteiger partial charge in [0.05, 0.1) is 5.38 Å². The van der Waals surface area contributed by atoms with Crippen LogP contribution >= 0.6 is 11.6 Å². The van der Waals surface area contributed by atoms with E-state index in [1.54, 1.807) is 5.57 Å². The fourth-order valence-corrected chi connectivity index (χ4v) is 2.41. The first-order valence-corrected chi connectivity index (χ1v) is 6.16. The highest BCUT2D eigenvalue weighted by Gasteiger charge is 2.12. The molecule has 80 valence electrons. The van der Waals surface area contributed by atoms with E-state index in [-0.39, 0.29) is 0 Å². The average molecular weight is 221 g/mol. The van der Waals surface area contributed by atoms with E-state index in [9.17, 15) is 0 Å². The zero-order chi connectivity index (χ0) is 10.5. The lowest BCUT2D eigenvalue weighted by Crippen LogP contribution is -1.86. The molecule has 0 saturated heterocycles. The molecule has 15 heavy (non-hydrogen) atoms. The third-order valence-corrected chi connectivity index (χ3v) is 3.31. The Kier molecular flexibility index (Phi) is 3.85. The molecular formula is C14H17Cl. The first-order valence-electron chi connectivity index (χ1n) is 5.72. The van der Waals surface area contributed by atoms with E-state index in [4.69, 9.17) is 11.6 Å². The fraction of sp³-hybridized carbons (Fsp3) is 0.429. The Morgan fingerprint density at radius 3 is 2.60 bits per heavy atom. The van der Waals surface area contributed by atoms with Crippen LogP contribution in [0, 0.1) is 0 Å². The Labute approximate surface area is 97.0 Å². The summed E-state index contributed by atoms with van der Waals surface area (Å²) in [6.07, 6.45) is 8.25. The summed E-state index contributed by atoms with van der Waals surface area (Å²) in [5.74, 6) is 0. The number of alkyl halides is 1. The van der Waals surface area contributed by atoms with Crippen molar-refractivity contribution in [2.75, 3.05) is 0 Å². The average Bonchev–Trinajstić information content (AvgIpc) is 2.66. The number of allylic oxidation sites excluding steroid dienone is 2. The molecule has 0 amide bonds. The van der Waals surface area contributed by atoms with Gasteiger partial charge in [0, 0.05) is 0 Å². The second-order valence-electron chi connectivity index (χ2n) is 4.22. The van der Waals surface area contributed by atoms with Gasteiger partial charge >= 0.3 is 0 Å². The Bertz CT molecular complexity index is 326. The fourth-order valence-electron chi connectivity index (χ4n) is 2.12. The van der Waals surface area contributed by atoms with Gasteiger partial charge in [0.2, 0.25) is 0 Å². The summed E-state index contributed by atoms with van der Waals surface area (Å²) in [4.78, 5) is 0. The van der Waals surface area contributed by atoms with Crippen molar-refractivity contribution in [3.05, 3.63) is 47.5 Å². The Morgan fingerprint density at radius 1 is 1.13 bits per heavy atom. The number of hydrogen-bond donors (Lipinski definition) is 0. The molecule has 0 saturated carbocycles. The van der Waals surface area contributed by atoms with Gasteiger partial charge in [-0.15, -0.1) is 11.6 Å². The van der Waals surface area contributed by atoms with E-state index >= 15 is 0 Å². The number of halogens is 1. The zero-order valence-electron chi connectivity index (χ0n) is 8.95. The van der Waals surface area contributed by atoms with Gasteiger partial charge < -0.3 is 0 Å². The molecule has 0 N–H and O–H groups in total. The Balaban J connectivity index is 1.74. The van der Waals surface area contributed by atoms with Crippen LogP contribution in [0.3, 0.4) is 0 Å². The molecular weight excluding hydrogens is 204 g/mol. The SMILES string of the molecule is ClC1C=C(CCCc2ccccc2)CC1. The van der Waals surface area contributed by atoms with Crippen molar-refractivity contribution in [1.82, 2.24) is 0 Å². The Morgan fingerprint density at radius 2 is 1.93 bits per heavy atom. The quantitative estimate of drug-likeness (QED) is 0.523. The maximum absolute atomic E-state index is 6.03. The summed E-state index contributed by atoms with van der Waals surface area (Å²) in [5.41, 5.74) is 3.00. The lowest BCUT2D eigenvalue weighted by Gasteiger charge is -2.02. The van der Waals surface area contributed by atoms with Crippen LogP contribution < -0.4 is 0 Å². The maximum atomic E-state index is 6.03. The van der Waals surface area contributed by atoms with Crippen molar-refractivity contribution in [3.63, 3.8) is 0 Å². The molecule has 1 aliphatic carbocycles. The number of benzene rings is 1. The predicted molar refractivity (Wildman–Crippen MR) is 66.3 cm³/mol. The molecule has 1 atom stereocenters. The minimum Gasteiger partial charge on any atom is -0.118 e. The Hall–Kier alpha value is -0.750. The third-order valence-electron chi connectivity index (χ3n) is 2.96. The highest BCUT2D eigenvalue weighted by Crippen LogP contribution is 2.26. The molecule has 0 bridgehead atoms. The number of hydrogen-bond acceptors (Lipinski definition) is 0. The van der Waals surface area contributed by atoms with Gasteiger partial charge in [0.1, 0.15) is 0 Å². The second kappa shape index (κ2) is 5.37. The van der Waals surface area contributed by atoms with Gasteiger partial charge in [-0.3, -0.25) is 0 Å². The van der Waals surface area contributed by atoms with Crippen LogP contribution in [0.2, 0.25) is 0 Å². The molecule has 1 aromatic carbocycles. The molecule has 1 unspecified atom stereocenters. The number of rotatable bonds is 4. The van der Waals surface area contributed by atoms with Crippen LogP contribution in [0.4, 0.5) is 0 Å². The number of aryl methyl sites for hydroxylation is 1. The third kappa shape index (κ3) is 3.39. The van der Waals surface area contributed by atoms with Crippen molar-refractivity contribution >= 4 is 11.6 Å². The van der Waals surface area contributed by atoms with Gasteiger partial charge in [-0.2, -0.15) is 0 Å². The first-order chi connectivity index (χ1) is 7.34. The maximum Gasteiger partial charge on any atom is 0.0521 e. The standard InChI is InChI=1S/C14H17Cl/c15-14-10-9-13(11-14)8-4-7-12-5-2-1-3-6-12/h1-3,5-6,11,14H,4,7-10H2. The van der Waals surface area contributed by atoms with Crippen LogP contribution in [-0.2, 0) is 6.42 Å². The first kappa shape index (κ1) is 10.8. The summed E-state index contributed by atoms with van der Waals surface area (Å²) in [6, 6.07) is 10.7. The van der Waals surface area contributed by atoms with Gasteiger partial charge in [-0.1, -0.05) is 42.0 Å². The summed E-state index contributed by atoms with van der Waals surface area (Å²) in [7, 11) is 0. The summed E-state index contributed by atoms with van der Waals surface area (Å²) >= 11 is 6.03. The van der Waals surface area contributed by atoms with Crippen molar-refractivity contribution in [3.8, 4) is 0 Å². The van der Waals surface area contributed by atoms with Gasteiger partial charge in [0.25, 0.3) is 0 Å². The van der Waals surface area contributed by atoms with E-state index in [0.717, 1.165) is 6.42 Å². The minimum absolute atomic E-state index is 0.303. The molecule has 0 aromatic heterocycles. The van der Waals surface area contributed by atoms with E-state index in [2.05, 4.69) is 36.4 Å².